The van der Waals surface area contributed by atoms with Gasteiger partial charge in [0.05, 0.1) is 25.6 Å². The van der Waals surface area contributed by atoms with E-state index in [4.69, 9.17) is 15.2 Å². The lowest BCUT2D eigenvalue weighted by Gasteiger charge is -2.13. The number of aromatic nitrogens is 2. The molecule has 0 aliphatic heterocycles. The molecular weight excluding hydrogens is 450 g/mol. The second-order valence-corrected chi connectivity index (χ2v) is 7.51. The van der Waals surface area contributed by atoms with Gasteiger partial charge in [-0.25, -0.2) is 14.8 Å². The van der Waals surface area contributed by atoms with Gasteiger partial charge in [-0.05, 0) is 36.8 Å². The third kappa shape index (κ3) is 7.49. The maximum atomic E-state index is 12.2. The number of nitrogens with two attached hydrogens (primary N) is 1. The molecule has 2 aromatic carbocycles. The summed E-state index contributed by atoms with van der Waals surface area (Å²) in [6, 6.07) is 12.0. The molecule has 11 nitrogen and oxygen atoms in total. The second-order valence-electron chi connectivity index (χ2n) is 7.51. The number of rotatable bonds is 10. The number of nitrogen functional groups attached to an aromatic ring is 1. The van der Waals surface area contributed by atoms with Gasteiger partial charge in [0.25, 0.3) is 0 Å². The number of carbonyl (C=O) groups excluding carboxylic acids is 2. The first-order valence-corrected chi connectivity index (χ1v) is 10.9. The highest BCUT2D eigenvalue weighted by molar-refractivity contribution is 5.90. The number of urea groups is 1. The molecule has 0 unspecified atom stereocenters. The number of carbonyl (C=O) groups is 2. The Bertz CT molecular complexity index is 1190. The lowest BCUT2D eigenvalue weighted by molar-refractivity contribution is -0.118. The number of hydrogen-bond donors (Lipinski definition) is 5. The van der Waals surface area contributed by atoms with Gasteiger partial charge in [-0.15, -0.1) is 0 Å². The first kappa shape index (κ1) is 25.1. The average Bonchev–Trinajstić information content (AvgIpc) is 2.83. The van der Waals surface area contributed by atoms with E-state index in [0.717, 1.165) is 5.56 Å². The van der Waals surface area contributed by atoms with E-state index in [-0.39, 0.29) is 11.9 Å². The normalized spacial score (nSPS) is 10.3. The Morgan fingerprint density at radius 1 is 0.971 bits per heavy atom. The van der Waals surface area contributed by atoms with Gasteiger partial charge < -0.3 is 36.5 Å². The Labute approximate surface area is 203 Å². The van der Waals surface area contributed by atoms with Crippen molar-refractivity contribution < 1.29 is 19.1 Å². The minimum absolute atomic E-state index is 0.103. The summed E-state index contributed by atoms with van der Waals surface area (Å²) in [6.45, 7) is 2.35. The molecule has 3 aromatic rings. The van der Waals surface area contributed by atoms with Crippen LogP contribution in [0, 0.1) is 0 Å². The number of nitrogens with zero attached hydrogens (tertiary/aromatic N) is 2. The third-order valence-corrected chi connectivity index (χ3v) is 4.85. The standard InChI is InChI=1S/C24H29N7O4/c1-15(32)26-8-4-9-28-24(33)30-18-12-17(13-19(14-18)34-2)29-23-27-10-7-21(31-23)16-5-6-22(35-3)20(25)11-16/h5-7,10-14H,4,8-9,25H2,1-3H3,(H,26,32)(H,27,29,31)(H2,28,30,33). The molecule has 0 bridgehead atoms. The zero-order valence-corrected chi connectivity index (χ0v) is 19.8. The number of hydrogen-bond acceptors (Lipinski definition) is 8. The van der Waals surface area contributed by atoms with Gasteiger partial charge in [0, 0.05) is 55.3 Å². The van der Waals surface area contributed by atoms with Gasteiger partial charge in [-0.1, -0.05) is 0 Å². The van der Waals surface area contributed by atoms with Crippen molar-refractivity contribution in [2.45, 2.75) is 13.3 Å². The smallest absolute Gasteiger partial charge is 0.319 e. The highest BCUT2D eigenvalue weighted by atomic mass is 16.5. The minimum Gasteiger partial charge on any atom is -0.497 e. The van der Waals surface area contributed by atoms with Crippen molar-refractivity contribution >= 4 is 34.9 Å². The summed E-state index contributed by atoms with van der Waals surface area (Å²) in [7, 11) is 3.10. The maximum absolute atomic E-state index is 12.2. The second kappa shape index (κ2) is 12.1. The van der Waals surface area contributed by atoms with Crippen molar-refractivity contribution in [3.8, 4) is 22.8 Å². The minimum atomic E-state index is -0.373. The van der Waals surface area contributed by atoms with Crippen LogP contribution < -0.4 is 36.5 Å². The van der Waals surface area contributed by atoms with Crippen LogP contribution in [0.4, 0.5) is 27.8 Å². The van der Waals surface area contributed by atoms with Gasteiger partial charge in [-0.3, -0.25) is 4.79 Å². The molecular formula is C24H29N7O4. The van der Waals surface area contributed by atoms with E-state index in [1.165, 1.54) is 14.0 Å². The van der Waals surface area contributed by atoms with Crippen molar-refractivity contribution in [3.05, 3.63) is 48.7 Å². The Morgan fingerprint density at radius 3 is 2.46 bits per heavy atom. The number of benzene rings is 2. The van der Waals surface area contributed by atoms with E-state index >= 15 is 0 Å². The van der Waals surface area contributed by atoms with Crippen LogP contribution in [0.2, 0.25) is 0 Å². The van der Waals surface area contributed by atoms with Crippen LogP contribution >= 0.6 is 0 Å². The molecule has 35 heavy (non-hydrogen) atoms. The van der Waals surface area contributed by atoms with Crippen LogP contribution in [0.25, 0.3) is 11.3 Å². The molecule has 0 saturated heterocycles. The molecule has 3 rings (SSSR count). The van der Waals surface area contributed by atoms with Crippen LogP contribution in [0.1, 0.15) is 13.3 Å². The van der Waals surface area contributed by atoms with Crippen molar-refractivity contribution in [2.24, 2.45) is 0 Å². The first-order valence-electron chi connectivity index (χ1n) is 10.9. The molecule has 0 spiro atoms. The summed E-state index contributed by atoms with van der Waals surface area (Å²) < 4.78 is 10.6. The fraction of sp³-hybridized carbons (Fsp3) is 0.250. The van der Waals surface area contributed by atoms with Gasteiger partial charge in [0.2, 0.25) is 11.9 Å². The number of methoxy groups -OCH3 is 2. The lowest BCUT2D eigenvalue weighted by atomic mass is 10.1. The zero-order valence-electron chi connectivity index (χ0n) is 19.8. The van der Waals surface area contributed by atoms with E-state index in [9.17, 15) is 9.59 Å². The summed E-state index contributed by atoms with van der Waals surface area (Å²) in [5.41, 5.74) is 9.17. The summed E-state index contributed by atoms with van der Waals surface area (Å²) in [6.07, 6.45) is 2.25. The van der Waals surface area contributed by atoms with E-state index in [1.807, 2.05) is 6.07 Å². The Kier molecular flexibility index (Phi) is 8.65. The fourth-order valence-corrected chi connectivity index (χ4v) is 3.19. The number of amides is 3. The fourth-order valence-electron chi connectivity index (χ4n) is 3.19. The Hall–Kier alpha value is -4.54. The predicted octanol–water partition coefficient (Wildman–Crippen LogP) is 3.13. The molecule has 0 fully saturated rings. The molecule has 1 aromatic heterocycles. The highest BCUT2D eigenvalue weighted by Crippen LogP contribution is 2.29. The molecule has 0 aliphatic rings. The van der Waals surface area contributed by atoms with Crippen LogP contribution in [-0.4, -0.2) is 49.2 Å². The first-order chi connectivity index (χ1) is 16.9. The van der Waals surface area contributed by atoms with E-state index in [1.54, 1.807) is 49.7 Å². The quantitative estimate of drug-likeness (QED) is 0.220. The van der Waals surface area contributed by atoms with Crippen LogP contribution in [0.3, 0.4) is 0 Å². The van der Waals surface area contributed by atoms with E-state index in [2.05, 4.69) is 31.2 Å². The predicted molar refractivity (Wildman–Crippen MR) is 135 cm³/mol. The van der Waals surface area contributed by atoms with Crippen molar-refractivity contribution in [1.29, 1.82) is 0 Å². The average molecular weight is 480 g/mol. The van der Waals surface area contributed by atoms with Crippen molar-refractivity contribution in [2.75, 3.05) is 43.7 Å². The van der Waals surface area contributed by atoms with Crippen molar-refractivity contribution in [3.63, 3.8) is 0 Å². The molecule has 11 heteroatoms. The van der Waals surface area contributed by atoms with E-state index in [0.29, 0.717) is 59.7 Å². The molecule has 1 heterocycles. The molecule has 0 radical (unpaired) electrons. The monoisotopic (exact) mass is 479 g/mol. The third-order valence-electron chi connectivity index (χ3n) is 4.85. The number of ether oxygens (including phenoxy) is 2. The topological polar surface area (TPSA) is 153 Å². The Morgan fingerprint density at radius 2 is 1.74 bits per heavy atom. The van der Waals surface area contributed by atoms with Gasteiger partial charge >= 0.3 is 6.03 Å². The lowest BCUT2D eigenvalue weighted by Crippen LogP contribution is -2.32. The largest absolute Gasteiger partial charge is 0.497 e. The van der Waals surface area contributed by atoms with Crippen LogP contribution in [-0.2, 0) is 4.79 Å². The number of anilines is 4. The number of nitrogens with one attached hydrogen (secondary N) is 4. The van der Waals surface area contributed by atoms with E-state index < -0.39 is 0 Å². The molecule has 184 valence electrons. The van der Waals surface area contributed by atoms with Gasteiger partial charge in [-0.2, -0.15) is 0 Å². The summed E-state index contributed by atoms with van der Waals surface area (Å²) in [5.74, 6) is 1.39. The molecule has 0 aliphatic carbocycles. The Balaban J connectivity index is 1.69. The molecule has 6 N–H and O–H groups in total. The zero-order chi connectivity index (χ0) is 25.2. The molecule has 0 saturated carbocycles. The summed E-state index contributed by atoms with van der Waals surface area (Å²) in [5, 5.41) is 11.3. The molecule has 0 atom stereocenters. The SMILES string of the molecule is COc1cc(NC(=O)NCCCNC(C)=O)cc(Nc2nccc(-c3ccc(OC)c(N)c3)n2)c1. The summed E-state index contributed by atoms with van der Waals surface area (Å²) >= 11 is 0. The molecule has 3 amide bonds. The van der Waals surface area contributed by atoms with Crippen LogP contribution in [0.5, 0.6) is 11.5 Å². The van der Waals surface area contributed by atoms with Gasteiger partial charge in [0.15, 0.2) is 0 Å². The maximum Gasteiger partial charge on any atom is 0.319 e. The van der Waals surface area contributed by atoms with Gasteiger partial charge in [0.1, 0.15) is 11.5 Å². The van der Waals surface area contributed by atoms with Crippen molar-refractivity contribution in [1.82, 2.24) is 20.6 Å². The van der Waals surface area contributed by atoms with Crippen LogP contribution in [0.15, 0.2) is 48.7 Å². The summed E-state index contributed by atoms with van der Waals surface area (Å²) in [4.78, 5) is 32.0. The highest BCUT2D eigenvalue weighted by Gasteiger charge is 2.09.